The number of fused-ring (bicyclic) bond motifs is 2. The third-order valence-electron chi connectivity index (χ3n) is 5.25. The fraction of sp³-hybridized carbons (Fsp3) is 0.190. The maximum atomic E-state index is 9.39. The van der Waals surface area contributed by atoms with Gasteiger partial charge in [0.05, 0.1) is 24.6 Å². The van der Waals surface area contributed by atoms with Crippen LogP contribution in [0.4, 0.5) is 10.8 Å². The van der Waals surface area contributed by atoms with Gasteiger partial charge in [0.15, 0.2) is 0 Å². The smallest absolute Gasteiger partial charge is 0.141 e. The molecule has 0 atom stereocenters. The number of benzene rings is 1. The Labute approximate surface area is 175 Å². The highest BCUT2D eigenvalue weighted by Gasteiger charge is 2.26. The largest absolute Gasteiger partial charge is 0.497 e. The van der Waals surface area contributed by atoms with Crippen LogP contribution < -0.4 is 15.4 Å². The number of thiophene rings is 2. The molecule has 0 amide bonds. The highest BCUT2D eigenvalue weighted by Crippen LogP contribution is 2.41. The number of nitrogens with zero attached hydrogens (tertiary/aromatic N) is 4. The number of nitrogen functional groups attached to an aromatic ring is 1. The molecule has 1 aliphatic heterocycles. The minimum atomic E-state index is 0.613. The van der Waals surface area contributed by atoms with Gasteiger partial charge in [-0.05, 0) is 29.7 Å². The van der Waals surface area contributed by atoms with E-state index < -0.39 is 0 Å². The third kappa shape index (κ3) is 2.90. The number of anilines is 2. The quantitative estimate of drug-likeness (QED) is 0.528. The van der Waals surface area contributed by atoms with Crippen molar-refractivity contribution in [3.63, 3.8) is 0 Å². The Morgan fingerprint density at radius 3 is 2.83 bits per heavy atom. The molecule has 144 valence electrons. The molecule has 0 fully saturated rings. The van der Waals surface area contributed by atoms with E-state index in [-0.39, 0.29) is 0 Å². The Morgan fingerprint density at radius 2 is 2.07 bits per heavy atom. The van der Waals surface area contributed by atoms with Crippen LogP contribution in [-0.2, 0) is 13.0 Å². The van der Waals surface area contributed by atoms with Crippen LogP contribution in [0.3, 0.4) is 0 Å². The molecular formula is C21H17N5OS2. The van der Waals surface area contributed by atoms with Gasteiger partial charge in [0.2, 0.25) is 0 Å². The molecule has 5 rings (SSSR count). The van der Waals surface area contributed by atoms with Gasteiger partial charge < -0.3 is 15.4 Å². The maximum absolute atomic E-state index is 9.39. The van der Waals surface area contributed by atoms with Crippen molar-refractivity contribution in [3.8, 4) is 22.9 Å². The molecule has 3 aromatic heterocycles. The van der Waals surface area contributed by atoms with Crippen molar-refractivity contribution in [2.24, 2.45) is 0 Å². The van der Waals surface area contributed by atoms with E-state index >= 15 is 0 Å². The first-order valence-corrected chi connectivity index (χ1v) is 10.8. The fourth-order valence-corrected chi connectivity index (χ4v) is 5.80. The molecule has 1 aliphatic rings. The number of nitriles is 1. The summed E-state index contributed by atoms with van der Waals surface area (Å²) in [5, 5.41) is 13.2. The zero-order chi connectivity index (χ0) is 20.0. The topological polar surface area (TPSA) is 88.1 Å². The van der Waals surface area contributed by atoms with Crippen LogP contribution in [0.1, 0.15) is 16.0 Å². The fourth-order valence-electron chi connectivity index (χ4n) is 3.81. The zero-order valence-corrected chi connectivity index (χ0v) is 17.3. The molecule has 2 N–H and O–H groups in total. The minimum Gasteiger partial charge on any atom is -0.497 e. The molecule has 29 heavy (non-hydrogen) atoms. The summed E-state index contributed by atoms with van der Waals surface area (Å²) < 4.78 is 5.28. The Balaban J connectivity index is 1.59. The van der Waals surface area contributed by atoms with E-state index in [4.69, 9.17) is 10.5 Å². The highest BCUT2D eigenvalue weighted by molar-refractivity contribution is 7.17. The van der Waals surface area contributed by atoms with Crippen LogP contribution in [0.2, 0.25) is 0 Å². The molecule has 0 spiro atoms. The van der Waals surface area contributed by atoms with E-state index in [1.165, 1.54) is 11.3 Å². The van der Waals surface area contributed by atoms with Crippen LogP contribution in [0.5, 0.6) is 5.75 Å². The van der Waals surface area contributed by atoms with Crippen LogP contribution in [0, 0.1) is 11.3 Å². The number of nitrogens with two attached hydrogens (primary N) is 1. The van der Waals surface area contributed by atoms with Crippen LogP contribution in [0.15, 0.2) is 36.0 Å². The summed E-state index contributed by atoms with van der Waals surface area (Å²) in [6.07, 6.45) is 2.42. The Bertz CT molecular complexity index is 1250. The van der Waals surface area contributed by atoms with Crippen molar-refractivity contribution < 1.29 is 4.74 Å². The molecule has 0 radical (unpaired) electrons. The van der Waals surface area contributed by atoms with Gasteiger partial charge in [0.1, 0.15) is 33.8 Å². The van der Waals surface area contributed by atoms with Crippen LogP contribution in [0.25, 0.3) is 21.3 Å². The summed E-state index contributed by atoms with van der Waals surface area (Å²) >= 11 is 3.13. The Morgan fingerprint density at radius 1 is 1.24 bits per heavy atom. The van der Waals surface area contributed by atoms with Crippen LogP contribution in [-0.4, -0.2) is 23.6 Å². The number of rotatable bonds is 3. The lowest BCUT2D eigenvalue weighted by atomic mass is 10.0. The van der Waals surface area contributed by atoms with Gasteiger partial charge >= 0.3 is 0 Å². The van der Waals surface area contributed by atoms with Gasteiger partial charge in [0, 0.05) is 22.4 Å². The molecule has 0 saturated carbocycles. The SMILES string of the molecule is COc1ccc(-c2csc3ncnc(N4CCc5c(sc(N)c5C#N)C4)c23)cc1. The van der Waals surface area contributed by atoms with Crippen molar-refractivity contribution in [1.29, 1.82) is 5.26 Å². The Kier molecular flexibility index (Phi) is 4.34. The van der Waals surface area contributed by atoms with E-state index in [1.54, 1.807) is 24.8 Å². The number of ether oxygens (including phenoxy) is 1. The normalized spacial score (nSPS) is 13.3. The molecule has 0 saturated heterocycles. The number of hydrogen-bond acceptors (Lipinski definition) is 8. The maximum Gasteiger partial charge on any atom is 0.141 e. The van der Waals surface area contributed by atoms with E-state index in [9.17, 15) is 5.26 Å². The number of aromatic nitrogens is 2. The third-order valence-corrected chi connectivity index (χ3v) is 7.18. The second-order valence-electron chi connectivity index (χ2n) is 6.78. The predicted molar refractivity (Wildman–Crippen MR) is 118 cm³/mol. The summed E-state index contributed by atoms with van der Waals surface area (Å²) in [6, 6.07) is 10.3. The lowest BCUT2D eigenvalue weighted by Gasteiger charge is -2.28. The molecule has 6 nitrogen and oxygen atoms in total. The minimum absolute atomic E-state index is 0.613. The van der Waals surface area contributed by atoms with Gasteiger partial charge in [-0.15, -0.1) is 22.7 Å². The summed E-state index contributed by atoms with van der Waals surface area (Å²) in [5.41, 5.74) is 10.0. The standard InChI is InChI=1S/C21H17N5OS2/c1-27-13-4-2-12(3-5-13)16-10-28-21-18(16)20(24-11-25-21)26-7-6-14-15(8-22)19(23)29-17(14)9-26/h2-5,10-11H,6-7,9,23H2,1H3. The lowest BCUT2D eigenvalue weighted by Crippen LogP contribution is -2.30. The first-order valence-electron chi connectivity index (χ1n) is 9.11. The van der Waals surface area contributed by atoms with Gasteiger partial charge in [-0.2, -0.15) is 5.26 Å². The molecule has 0 unspecified atom stereocenters. The van der Waals surface area contributed by atoms with Gasteiger partial charge in [-0.1, -0.05) is 12.1 Å². The van der Waals surface area contributed by atoms with Crippen molar-refractivity contribution in [2.45, 2.75) is 13.0 Å². The second kappa shape index (κ2) is 7.03. The molecule has 0 bridgehead atoms. The first-order chi connectivity index (χ1) is 14.2. The molecular weight excluding hydrogens is 402 g/mol. The molecule has 4 heterocycles. The molecule has 1 aromatic carbocycles. The average molecular weight is 420 g/mol. The van der Waals surface area contributed by atoms with Crippen molar-refractivity contribution >= 4 is 43.7 Å². The summed E-state index contributed by atoms with van der Waals surface area (Å²) in [5.74, 6) is 1.76. The summed E-state index contributed by atoms with van der Waals surface area (Å²) in [7, 11) is 1.67. The predicted octanol–water partition coefficient (Wildman–Crippen LogP) is 4.44. The first kappa shape index (κ1) is 17.9. The van der Waals surface area contributed by atoms with E-state index in [1.807, 2.05) is 12.1 Å². The van der Waals surface area contributed by atoms with Gasteiger partial charge in [-0.3, -0.25) is 0 Å². The van der Waals surface area contributed by atoms with E-state index in [0.29, 0.717) is 17.1 Å². The second-order valence-corrected chi connectivity index (χ2v) is 8.78. The average Bonchev–Trinajstić information content (AvgIpc) is 3.33. The molecule has 8 heteroatoms. The summed E-state index contributed by atoms with van der Waals surface area (Å²) in [6.45, 7) is 1.50. The van der Waals surface area contributed by atoms with E-state index in [2.05, 4.69) is 38.4 Å². The van der Waals surface area contributed by atoms with Crippen molar-refractivity contribution in [1.82, 2.24) is 9.97 Å². The Hall–Kier alpha value is -3.15. The highest BCUT2D eigenvalue weighted by atomic mass is 32.1. The molecule has 4 aromatic rings. The number of hydrogen-bond donors (Lipinski definition) is 1. The monoisotopic (exact) mass is 419 g/mol. The number of methoxy groups -OCH3 is 1. The van der Waals surface area contributed by atoms with Gasteiger partial charge in [-0.25, -0.2) is 9.97 Å². The van der Waals surface area contributed by atoms with Crippen molar-refractivity contribution in [2.75, 3.05) is 24.3 Å². The lowest BCUT2D eigenvalue weighted by molar-refractivity contribution is 0.415. The zero-order valence-electron chi connectivity index (χ0n) is 15.7. The summed E-state index contributed by atoms with van der Waals surface area (Å²) in [4.78, 5) is 13.5. The van der Waals surface area contributed by atoms with Gasteiger partial charge in [0.25, 0.3) is 0 Å². The van der Waals surface area contributed by atoms with E-state index in [0.717, 1.165) is 56.3 Å². The van der Waals surface area contributed by atoms with Crippen LogP contribution >= 0.6 is 22.7 Å². The molecule has 0 aliphatic carbocycles. The van der Waals surface area contributed by atoms with Crippen molar-refractivity contribution in [3.05, 3.63) is 52.0 Å².